The molecule has 4 rings (SSSR count). The van der Waals surface area contributed by atoms with Crippen molar-refractivity contribution >= 4 is 29.2 Å². The number of ether oxygens (including phenoxy) is 1. The van der Waals surface area contributed by atoms with Crippen LogP contribution < -0.4 is 20.3 Å². The number of carbonyl (C=O) groups excluding carboxylic acids is 1. The fraction of sp³-hybridized carbons (Fsp3) is 0.273. The molecule has 2 aromatic carbocycles. The molecule has 0 bridgehead atoms. The summed E-state index contributed by atoms with van der Waals surface area (Å²) < 4.78 is 55.7. The molecule has 1 aliphatic rings. The van der Waals surface area contributed by atoms with Crippen LogP contribution in [-0.2, 0) is 11.3 Å². The van der Waals surface area contributed by atoms with Crippen molar-refractivity contribution < 1.29 is 27.1 Å². The van der Waals surface area contributed by atoms with E-state index in [1.807, 2.05) is 0 Å². The second-order valence-electron chi connectivity index (χ2n) is 7.47. The third kappa shape index (κ3) is 6.30. The molecule has 1 aromatic heterocycles. The molecule has 0 radical (unpaired) electrons. The number of hydrogen-bond acceptors (Lipinski definition) is 7. The van der Waals surface area contributed by atoms with Gasteiger partial charge >= 0.3 is 12.2 Å². The Bertz CT molecular complexity index is 1160. The van der Waals surface area contributed by atoms with Crippen LogP contribution in [0.4, 0.5) is 40.8 Å². The monoisotopic (exact) mass is 476 g/mol. The summed E-state index contributed by atoms with van der Waals surface area (Å²) in [6.45, 7) is -0.768. The number of alkyl halides is 3. The first-order valence-electron chi connectivity index (χ1n) is 10.4. The molecule has 1 aliphatic heterocycles. The minimum absolute atomic E-state index is 0.0208. The van der Waals surface area contributed by atoms with Gasteiger partial charge < -0.3 is 20.3 Å². The minimum Gasteiger partial charge on any atom is -0.454 e. The molecule has 34 heavy (non-hydrogen) atoms. The van der Waals surface area contributed by atoms with Gasteiger partial charge in [-0.05, 0) is 42.3 Å². The molecule has 12 heteroatoms. The van der Waals surface area contributed by atoms with Crippen LogP contribution in [-0.4, -0.2) is 40.2 Å². The highest BCUT2D eigenvalue weighted by molar-refractivity contribution is 5.95. The number of amides is 1. The average molecular weight is 476 g/mol. The van der Waals surface area contributed by atoms with Crippen molar-refractivity contribution in [3.05, 3.63) is 59.9 Å². The van der Waals surface area contributed by atoms with Crippen molar-refractivity contribution in [2.24, 2.45) is 0 Å². The fourth-order valence-electron chi connectivity index (χ4n) is 3.29. The number of aromatic nitrogens is 3. The van der Waals surface area contributed by atoms with E-state index in [-0.39, 0.29) is 24.3 Å². The summed E-state index contributed by atoms with van der Waals surface area (Å²) in [5, 5.41) is 5.78. The van der Waals surface area contributed by atoms with E-state index >= 15 is 0 Å². The zero-order valence-electron chi connectivity index (χ0n) is 17.8. The van der Waals surface area contributed by atoms with Crippen molar-refractivity contribution in [3.63, 3.8) is 0 Å². The normalized spacial score (nSPS) is 13.8. The first-order chi connectivity index (χ1) is 16.2. The van der Waals surface area contributed by atoms with Gasteiger partial charge in [0.25, 0.3) is 0 Å². The lowest BCUT2D eigenvalue weighted by Crippen LogP contribution is -2.23. The highest BCUT2D eigenvalue weighted by Crippen LogP contribution is 2.26. The van der Waals surface area contributed by atoms with Crippen LogP contribution in [0.3, 0.4) is 0 Å². The molecule has 0 spiro atoms. The Labute approximate surface area is 192 Å². The second-order valence-corrected chi connectivity index (χ2v) is 7.47. The smallest absolute Gasteiger partial charge is 0.422 e. The second kappa shape index (κ2) is 9.89. The fourth-order valence-corrected chi connectivity index (χ4v) is 3.29. The highest BCUT2D eigenvalue weighted by Gasteiger charge is 2.29. The molecular weight excluding hydrogens is 456 g/mol. The Balaban J connectivity index is 1.54. The molecule has 2 heterocycles. The minimum atomic E-state index is -4.57. The van der Waals surface area contributed by atoms with Gasteiger partial charge in [0.05, 0.1) is 0 Å². The topological polar surface area (TPSA) is 92.3 Å². The van der Waals surface area contributed by atoms with Gasteiger partial charge in [0.2, 0.25) is 17.8 Å². The van der Waals surface area contributed by atoms with Crippen LogP contribution in [0, 0.1) is 5.82 Å². The number of anilines is 4. The summed E-state index contributed by atoms with van der Waals surface area (Å²) in [5.41, 5.74) is 1.91. The van der Waals surface area contributed by atoms with Gasteiger partial charge in [-0.3, -0.25) is 4.79 Å². The van der Waals surface area contributed by atoms with Gasteiger partial charge in [-0.25, -0.2) is 4.39 Å². The standard InChI is InChI=1S/C22H20F4N6O2/c23-15-8-6-14(7-9-15)12-27-19-29-20(31-21(30-19)34-13-22(24,25)26)28-16-3-1-4-17(11-16)32-10-2-5-18(32)33/h1,3-4,6-9,11H,2,5,10,12-13H2,(H2,27,28,29,30,31). The SMILES string of the molecule is O=C1CCCN1c1cccc(Nc2nc(NCc3ccc(F)cc3)nc(OCC(F)(F)F)n2)c1. The Hall–Kier alpha value is -3.96. The van der Waals surface area contributed by atoms with Gasteiger partial charge in [0.15, 0.2) is 6.61 Å². The van der Waals surface area contributed by atoms with Crippen LogP contribution in [0.5, 0.6) is 6.01 Å². The summed E-state index contributed by atoms with van der Waals surface area (Å²) in [4.78, 5) is 25.7. The Morgan fingerprint density at radius 1 is 1.03 bits per heavy atom. The van der Waals surface area contributed by atoms with E-state index in [1.54, 1.807) is 41.3 Å². The van der Waals surface area contributed by atoms with Crippen molar-refractivity contribution in [2.75, 3.05) is 28.7 Å². The summed E-state index contributed by atoms with van der Waals surface area (Å²) in [6.07, 6.45) is -3.32. The third-order valence-electron chi connectivity index (χ3n) is 4.83. The van der Waals surface area contributed by atoms with E-state index in [4.69, 9.17) is 4.74 Å². The average Bonchev–Trinajstić information content (AvgIpc) is 3.23. The molecule has 8 nitrogen and oxygen atoms in total. The Kier molecular flexibility index (Phi) is 6.75. The lowest BCUT2D eigenvalue weighted by molar-refractivity contribution is -0.154. The Morgan fingerprint density at radius 3 is 2.50 bits per heavy atom. The highest BCUT2D eigenvalue weighted by atomic mass is 19.4. The van der Waals surface area contributed by atoms with Crippen LogP contribution in [0.1, 0.15) is 18.4 Å². The van der Waals surface area contributed by atoms with E-state index < -0.39 is 24.6 Å². The molecule has 1 fully saturated rings. The molecule has 1 saturated heterocycles. The maximum atomic E-state index is 13.1. The lowest BCUT2D eigenvalue weighted by Gasteiger charge is -2.17. The summed E-state index contributed by atoms with van der Waals surface area (Å²) >= 11 is 0. The summed E-state index contributed by atoms with van der Waals surface area (Å²) in [7, 11) is 0. The van der Waals surface area contributed by atoms with Crippen molar-refractivity contribution in [1.82, 2.24) is 15.0 Å². The number of rotatable bonds is 8. The third-order valence-corrected chi connectivity index (χ3v) is 4.83. The van der Waals surface area contributed by atoms with E-state index in [0.717, 1.165) is 6.42 Å². The van der Waals surface area contributed by atoms with Crippen molar-refractivity contribution in [2.45, 2.75) is 25.6 Å². The largest absolute Gasteiger partial charge is 0.454 e. The number of carbonyl (C=O) groups is 1. The van der Waals surface area contributed by atoms with Gasteiger partial charge in [0.1, 0.15) is 5.82 Å². The molecule has 0 atom stereocenters. The van der Waals surface area contributed by atoms with Crippen LogP contribution >= 0.6 is 0 Å². The molecule has 0 aliphatic carbocycles. The predicted molar refractivity (Wildman–Crippen MR) is 116 cm³/mol. The quantitative estimate of drug-likeness (QED) is 0.465. The van der Waals surface area contributed by atoms with E-state index in [0.29, 0.717) is 29.9 Å². The maximum Gasteiger partial charge on any atom is 0.422 e. The van der Waals surface area contributed by atoms with Crippen LogP contribution in [0.25, 0.3) is 0 Å². The maximum absolute atomic E-state index is 13.1. The molecule has 178 valence electrons. The van der Waals surface area contributed by atoms with Gasteiger partial charge in [-0.1, -0.05) is 18.2 Å². The van der Waals surface area contributed by atoms with Gasteiger partial charge in [-0.2, -0.15) is 28.1 Å². The van der Waals surface area contributed by atoms with Crippen molar-refractivity contribution in [1.29, 1.82) is 0 Å². The number of nitrogens with one attached hydrogen (secondary N) is 2. The molecule has 3 aromatic rings. The number of halogens is 4. The molecule has 0 unspecified atom stereocenters. The zero-order chi connectivity index (χ0) is 24.1. The first-order valence-corrected chi connectivity index (χ1v) is 10.4. The van der Waals surface area contributed by atoms with Crippen LogP contribution in [0.2, 0.25) is 0 Å². The van der Waals surface area contributed by atoms with E-state index in [9.17, 15) is 22.4 Å². The zero-order valence-corrected chi connectivity index (χ0v) is 17.8. The van der Waals surface area contributed by atoms with E-state index in [1.165, 1.54) is 12.1 Å². The molecule has 0 saturated carbocycles. The van der Waals surface area contributed by atoms with Gasteiger partial charge in [-0.15, -0.1) is 0 Å². The van der Waals surface area contributed by atoms with Crippen LogP contribution in [0.15, 0.2) is 48.5 Å². The lowest BCUT2D eigenvalue weighted by atomic mass is 10.2. The molecule has 2 N–H and O–H groups in total. The number of benzene rings is 2. The van der Waals surface area contributed by atoms with Crippen molar-refractivity contribution in [3.8, 4) is 6.01 Å². The Morgan fingerprint density at radius 2 is 1.79 bits per heavy atom. The summed E-state index contributed by atoms with van der Waals surface area (Å²) in [6, 6.07) is 12.1. The summed E-state index contributed by atoms with van der Waals surface area (Å²) in [5.74, 6) is -0.466. The molecule has 1 amide bonds. The molecular formula is C22H20F4N6O2. The number of nitrogens with zero attached hydrogens (tertiary/aromatic N) is 4. The van der Waals surface area contributed by atoms with Gasteiger partial charge in [0, 0.05) is 30.9 Å². The first kappa shape index (κ1) is 23.2. The number of hydrogen-bond donors (Lipinski definition) is 2. The van der Waals surface area contributed by atoms with E-state index in [2.05, 4.69) is 25.6 Å². The predicted octanol–water partition coefficient (Wildman–Crippen LogP) is 4.43.